The highest BCUT2D eigenvalue weighted by Gasteiger charge is 2.32. The number of hydrogen-bond acceptors (Lipinski definition) is 3. The van der Waals surface area contributed by atoms with Crippen LogP contribution in [0.3, 0.4) is 0 Å². The molecule has 0 radical (unpaired) electrons. The zero-order chi connectivity index (χ0) is 12.3. The molecular weight excluding hydrogens is 204 g/mol. The maximum absolute atomic E-state index is 11.3. The van der Waals surface area contributed by atoms with Crippen molar-refractivity contribution < 1.29 is 14.6 Å². The quantitative estimate of drug-likeness (QED) is 0.594. The summed E-state index contributed by atoms with van der Waals surface area (Å²) in [7, 11) is 0. The maximum atomic E-state index is 11.3. The predicted octanol–water partition coefficient (Wildman–Crippen LogP) is 2.44. The van der Waals surface area contributed by atoms with Crippen LogP contribution in [-0.4, -0.2) is 22.8 Å². The van der Waals surface area contributed by atoms with Crippen LogP contribution in [0, 0.1) is 5.92 Å². The average Bonchev–Trinajstić information content (AvgIpc) is 2.17. The summed E-state index contributed by atoms with van der Waals surface area (Å²) < 4.78 is 5.29. The van der Waals surface area contributed by atoms with Gasteiger partial charge in [0.05, 0.1) is 5.60 Å². The smallest absolute Gasteiger partial charge is 0.333 e. The Hall–Kier alpha value is -0.830. The van der Waals surface area contributed by atoms with Gasteiger partial charge in [0.2, 0.25) is 0 Å². The highest BCUT2D eigenvalue weighted by Crippen LogP contribution is 2.33. The molecule has 16 heavy (non-hydrogen) atoms. The van der Waals surface area contributed by atoms with E-state index < -0.39 is 5.60 Å². The van der Waals surface area contributed by atoms with E-state index >= 15 is 0 Å². The third-order valence-corrected chi connectivity index (χ3v) is 3.30. The second-order valence-electron chi connectivity index (χ2n) is 5.31. The predicted molar refractivity (Wildman–Crippen MR) is 62.9 cm³/mol. The molecule has 1 N–H and O–H groups in total. The number of esters is 1. The number of carbonyl (C=O) groups is 1. The van der Waals surface area contributed by atoms with Crippen LogP contribution in [0.5, 0.6) is 0 Å². The Morgan fingerprint density at radius 1 is 1.31 bits per heavy atom. The minimum atomic E-state index is -0.622. The molecule has 0 aliphatic heterocycles. The summed E-state index contributed by atoms with van der Waals surface area (Å²) in [6, 6.07) is 0. The van der Waals surface area contributed by atoms with Gasteiger partial charge >= 0.3 is 5.97 Å². The molecule has 3 heteroatoms. The number of hydrogen-bond donors (Lipinski definition) is 1. The van der Waals surface area contributed by atoms with E-state index in [9.17, 15) is 9.90 Å². The number of aliphatic hydroxyl groups is 1. The van der Waals surface area contributed by atoms with E-state index in [1.807, 2.05) is 13.8 Å². The summed E-state index contributed by atoms with van der Waals surface area (Å²) in [5, 5.41) is 9.88. The minimum Gasteiger partial charge on any atom is -0.459 e. The van der Waals surface area contributed by atoms with Crippen molar-refractivity contribution in [2.75, 3.05) is 0 Å². The summed E-state index contributed by atoms with van der Waals surface area (Å²) in [6.07, 6.45) is 3.51. The number of carbonyl (C=O) groups excluding carboxylic acids is 1. The third-order valence-electron chi connectivity index (χ3n) is 3.30. The van der Waals surface area contributed by atoms with Gasteiger partial charge in [0.25, 0.3) is 0 Å². The van der Waals surface area contributed by atoms with Crippen LogP contribution < -0.4 is 0 Å². The second kappa shape index (κ2) is 5.00. The average molecular weight is 226 g/mol. The fourth-order valence-corrected chi connectivity index (χ4v) is 2.14. The van der Waals surface area contributed by atoms with Crippen LogP contribution in [0.4, 0.5) is 0 Å². The number of rotatable bonds is 3. The summed E-state index contributed by atoms with van der Waals surface area (Å²) in [5.74, 6) is 0.0130. The fourth-order valence-electron chi connectivity index (χ4n) is 2.14. The molecule has 1 fully saturated rings. The molecule has 0 aromatic carbocycles. The van der Waals surface area contributed by atoms with Crippen molar-refractivity contribution in [1.29, 1.82) is 0 Å². The van der Waals surface area contributed by atoms with Gasteiger partial charge in [0.15, 0.2) is 0 Å². The van der Waals surface area contributed by atoms with Gasteiger partial charge in [-0.1, -0.05) is 6.58 Å². The first kappa shape index (κ1) is 13.2. The molecule has 0 atom stereocenters. The Kier molecular flexibility index (Phi) is 4.14. The molecule has 3 nitrogen and oxygen atoms in total. The van der Waals surface area contributed by atoms with E-state index in [-0.39, 0.29) is 12.1 Å². The van der Waals surface area contributed by atoms with E-state index in [1.165, 1.54) is 0 Å². The summed E-state index contributed by atoms with van der Waals surface area (Å²) in [4.78, 5) is 11.3. The molecule has 1 aliphatic carbocycles. The first-order valence-corrected chi connectivity index (χ1v) is 5.89. The highest BCUT2D eigenvalue weighted by molar-refractivity contribution is 5.87. The van der Waals surface area contributed by atoms with E-state index in [0.717, 1.165) is 25.7 Å². The topological polar surface area (TPSA) is 46.5 Å². The van der Waals surface area contributed by atoms with Gasteiger partial charge in [-0.25, -0.2) is 4.79 Å². The lowest BCUT2D eigenvalue weighted by Crippen LogP contribution is -2.36. The fraction of sp³-hybridized carbons (Fsp3) is 0.769. The molecule has 1 saturated carbocycles. The molecule has 0 heterocycles. The largest absolute Gasteiger partial charge is 0.459 e. The van der Waals surface area contributed by atoms with Crippen molar-refractivity contribution in [3.8, 4) is 0 Å². The van der Waals surface area contributed by atoms with Crippen molar-refractivity contribution in [2.24, 2.45) is 5.92 Å². The Bertz CT molecular complexity index is 267. The van der Waals surface area contributed by atoms with Crippen LogP contribution in [0.15, 0.2) is 12.2 Å². The molecule has 1 aliphatic rings. The van der Waals surface area contributed by atoms with Crippen molar-refractivity contribution in [2.45, 2.75) is 58.2 Å². The monoisotopic (exact) mass is 226 g/mol. The van der Waals surface area contributed by atoms with Gasteiger partial charge in [-0.3, -0.25) is 0 Å². The maximum Gasteiger partial charge on any atom is 0.333 e. The lowest BCUT2D eigenvalue weighted by atomic mass is 9.78. The van der Waals surface area contributed by atoms with Gasteiger partial charge in [-0.2, -0.15) is 0 Å². The second-order valence-corrected chi connectivity index (χ2v) is 5.31. The Balaban J connectivity index is 2.38. The van der Waals surface area contributed by atoms with Crippen LogP contribution in [0.25, 0.3) is 0 Å². The van der Waals surface area contributed by atoms with Crippen LogP contribution in [-0.2, 0) is 9.53 Å². The summed E-state index contributed by atoms with van der Waals surface area (Å²) in [5.41, 5.74) is -0.173. The molecule has 92 valence electrons. The molecule has 0 aromatic heterocycles. The molecule has 1 rings (SSSR count). The van der Waals surface area contributed by atoms with Crippen LogP contribution in [0.1, 0.15) is 46.5 Å². The van der Waals surface area contributed by atoms with Crippen molar-refractivity contribution in [3.05, 3.63) is 12.2 Å². The summed E-state index contributed by atoms with van der Waals surface area (Å²) >= 11 is 0. The SMILES string of the molecule is C=C(C)C(=O)OC1CCC(C(C)(C)O)CC1. The van der Waals surface area contributed by atoms with Crippen LogP contribution >= 0.6 is 0 Å². The first-order valence-electron chi connectivity index (χ1n) is 5.89. The molecule has 0 aromatic rings. The highest BCUT2D eigenvalue weighted by atomic mass is 16.5. The Morgan fingerprint density at radius 2 is 1.81 bits per heavy atom. The lowest BCUT2D eigenvalue weighted by molar-refractivity contribution is -0.147. The zero-order valence-corrected chi connectivity index (χ0v) is 10.5. The van der Waals surface area contributed by atoms with Crippen molar-refractivity contribution in [1.82, 2.24) is 0 Å². The standard InChI is InChI=1S/C13H22O3/c1-9(2)12(14)16-11-7-5-10(6-8-11)13(3,4)15/h10-11,15H,1,5-8H2,2-4H3. The minimum absolute atomic E-state index is 0.00259. The van der Waals surface area contributed by atoms with Gasteiger partial charge in [0, 0.05) is 5.57 Å². The molecule has 0 unspecified atom stereocenters. The number of ether oxygens (including phenoxy) is 1. The molecule has 0 amide bonds. The summed E-state index contributed by atoms with van der Waals surface area (Å²) in [6.45, 7) is 8.91. The van der Waals surface area contributed by atoms with E-state index in [2.05, 4.69) is 6.58 Å². The third kappa shape index (κ3) is 3.63. The van der Waals surface area contributed by atoms with Gasteiger partial charge in [0.1, 0.15) is 6.10 Å². The normalized spacial score (nSPS) is 26.2. The molecular formula is C13H22O3. The van der Waals surface area contributed by atoms with Gasteiger partial charge in [-0.05, 0) is 52.4 Å². The van der Waals surface area contributed by atoms with E-state index in [4.69, 9.17) is 4.74 Å². The van der Waals surface area contributed by atoms with Crippen molar-refractivity contribution in [3.63, 3.8) is 0 Å². The van der Waals surface area contributed by atoms with Crippen molar-refractivity contribution >= 4 is 5.97 Å². The first-order chi connectivity index (χ1) is 7.30. The van der Waals surface area contributed by atoms with E-state index in [1.54, 1.807) is 6.92 Å². The molecule has 0 saturated heterocycles. The Labute approximate surface area is 97.5 Å². The molecule has 0 bridgehead atoms. The Morgan fingerprint density at radius 3 is 2.19 bits per heavy atom. The zero-order valence-electron chi connectivity index (χ0n) is 10.5. The van der Waals surface area contributed by atoms with Crippen LogP contribution in [0.2, 0.25) is 0 Å². The lowest BCUT2D eigenvalue weighted by Gasteiger charge is -2.35. The molecule has 0 spiro atoms. The van der Waals surface area contributed by atoms with Gasteiger partial charge in [-0.15, -0.1) is 0 Å². The van der Waals surface area contributed by atoms with Gasteiger partial charge < -0.3 is 9.84 Å². The van der Waals surface area contributed by atoms with E-state index in [0.29, 0.717) is 11.5 Å².